The Kier molecular flexibility index (Phi) is 4.81. The van der Waals surface area contributed by atoms with Gasteiger partial charge in [0.05, 0.1) is 0 Å². The molecule has 0 fully saturated rings. The fourth-order valence-electron chi connectivity index (χ4n) is 1.90. The fraction of sp³-hybridized carbons (Fsp3) is 0.308. The summed E-state index contributed by atoms with van der Waals surface area (Å²) in [6.07, 6.45) is 2.08. The average molecular weight is 328 g/mol. The van der Waals surface area contributed by atoms with Crippen molar-refractivity contribution in [1.82, 2.24) is 9.29 Å². The maximum Gasteiger partial charge on any atom is 0.352 e. The summed E-state index contributed by atoms with van der Waals surface area (Å²) in [5, 5.41) is 11.0. The van der Waals surface area contributed by atoms with Gasteiger partial charge in [0.2, 0.25) is 10.0 Å². The quantitative estimate of drug-likeness (QED) is 0.815. The summed E-state index contributed by atoms with van der Waals surface area (Å²) in [6, 6.07) is 4.86. The Morgan fingerprint density at radius 3 is 2.81 bits per heavy atom. The van der Waals surface area contributed by atoms with Gasteiger partial charge < -0.3 is 9.67 Å². The number of aryl methyl sites for hydroxylation is 1. The molecule has 0 radical (unpaired) electrons. The topological polar surface area (TPSA) is 88.4 Å². The lowest BCUT2D eigenvalue weighted by Gasteiger charge is -2.03. The number of sulfonamides is 1. The standard InChI is InChI=1S/C13H16N2O4S2/c1-2-5-15-9-11(7-12(15)13(16)17)21(18,19)14-8-10-4-3-6-20-10/h3-4,6-7,9,14H,2,5,8H2,1H3,(H,16,17). The average Bonchev–Trinajstić information content (AvgIpc) is 3.06. The summed E-state index contributed by atoms with van der Waals surface area (Å²) < 4.78 is 28.3. The number of carbonyl (C=O) groups is 1. The number of carboxylic acids is 1. The van der Waals surface area contributed by atoms with Crippen LogP contribution in [0.4, 0.5) is 0 Å². The van der Waals surface area contributed by atoms with Crippen molar-refractivity contribution in [3.63, 3.8) is 0 Å². The van der Waals surface area contributed by atoms with Crippen LogP contribution in [0.2, 0.25) is 0 Å². The summed E-state index contributed by atoms with van der Waals surface area (Å²) in [4.78, 5) is 12.0. The molecule has 0 saturated heterocycles. The lowest BCUT2D eigenvalue weighted by molar-refractivity contribution is 0.0685. The van der Waals surface area contributed by atoms with E-state index < -0.39 is 16.0 Å². The van der Waals surface area contributed by atoms with Gasteiger partial charge in [0.25, 0.3) is 0 Å². The van der Waals surface area contributed by atoms with Crippen molar-refractivity contribution < 1.29 is 18.3 Å². The lowest BCUT2D eigenvalue weighted by Crippen LogP contribution is -2.22. The highest BCUT2D eigenvalue weighted by atomic mass is 32.2. The van der Waals surface area contributed by atoms with Crippen LogP contribution >= 0.6 is 11.3 Å². The van der Waals surface area contributed by atoms with Crippen LogP contribution in [0.3, 0.4) is 0 Å². The molecule has 0 aliphatic rings. The van der Waals surface area contributed by atoms with Crippen LogP contribution in [0.1, 0.15) is 28.7 Å². The van der Waals surface area contributed by atoms with E-state index in [0.29, 0.717) is 6.54 Å². The van der Waals surface area contributed by atoms with Crippen LogP contribution in [-0.4, -0.2) is 24.1 Å². The highest BCUT2D eigenvalue weighted by Gasteiger charge is 2.21. The van der Waals surface area contributed by atoms with Crippen molar-refractivity contribution in [2.75, 3.05) is 0 Å². The molecule has 0 aliphatic carbocycles. The fourth-order valence-corrected chi connectivity index (χ4v) is 3.68. The molecule has 0 amide bonds. The third-order valence-corrected chi connectivity index (χ3v) is 5.13. The first-order chi connectivity index (χ1) is 9.94. The first kappa shape index (κ1) is 15.7. The monoisotopic (exact) mass is 328 g/mol. The second-order valence-electron chi connectivity index (χ2n) is 4.46. The molecule has 2 aromatic rings. The van der Waals surface area contributed by atoms with Gasteiger partial charge in [0.1, 0.15) is 10.6 Å². The van der Waals surface area contributed by atoms with Gasteiger partial charge in [0, 0.05) is 24.2 Å². The molecule has 6 nitrogen and oxygen atoms in total. The molecule has 0 spiro atoms. The van der Waals surface area contributed by atoms with Gasteiger partial charge in [-0.15, -0.1) is 11.3 Å². The number of hydrogen-bond acceptors (Lipinski definition) is 4. The van der Waals surface area contributed by atoms with Crippen LogP contribution in [0.15, 0.2) is 34.7 Å². The molecule has 2 N–H and O–H groups in total. The minimum atomic E-state index is -3.72. The van der Waals surface area contributed by atoms with E-state index in [1.54, 1.807) is 0 Å². The number of aromatic nitrogens is 1. The zero-order valence-corrected chi connectivity index (χ0v) is 13.1. The molecular formula is C13H16N2O4S2. The number of nitrogens with zero attached hydrogens (tertiary/aromatic N) is 1. The minimum absolute atomic E-state index is 0.0200. The van der Waals surface area contributed by atoms with Crippen LogP contribution in [0.25, 0.3) is 0 Å². The molecule has 0 aromatic carbocycles. The maximum atomic E-state index is 12.2. The van der Waals surface area contributed by atoms with E-state index in [1.165, 1.54) is 28.2 Å². The number of carboxylic acid groups (broad SMARTS) is 1. The molecule has 21 heavy (non-hydrogen) atoms. The van der Waals surface area contributed by atoms with Crippen molar-refractivity contribution in [2.24, 2.45) is 0 Å². The van der Waals surface area contributed by atoms with Crippen molar-refractivity contribution in [2.45, 2.75) is 31.3 Å². The van der Waals surface area contributed by atoms with Gasteiger partial charge in [0.15, 0.2) is 0 Å². The molecule has 8 heteroatoms. The Balaban J connectivity index is 2.23. The van der Waals surface area contributed by atoms with E-state index in [4.69, 9.17) is 5.11 Å². The first-order valence-corrected chi connectivity index (χ1v) is 8.76. The molecule has 2 heterocycles. The molecule has 2 aromatic heterocycles. The van der Waals surface area contributed by atoms with E-state index in [1.807, 2.05) is 24.4 Å². The molecule has 0 atom stereocenters. The minimum Gasteiger partial charge on any atom is -0.477 e. The summed E-state index contributed by atoms with van der Waals surface area (Å²) in [5.74, 6) is -1.14. The normalized spacial score (nSPS) is 11.7. The van der Waals surface area contributed by atoms with Crippen molar-refractivity contribution >= 4 is 27.3 Å². The number of thiophene rings is 1. The zero-order chi connectivity index (χ0) is 15.5. The largest absolute Gasteiger partial charge is 0.477 e. The smallest absolute Gasteiger partial charge is 0.352 e. The number of rotatable bonds is 7. The van der Waals surface area contributed by atoms with E-state index >= 15 is 0 Å². The third-order valence-electron chi connectivity index (χ3n) is 2.88. The Morgan fingerprint density at radius 2 is 2.24 bits per heavy atom. The predicted molar refractivity (Wildman–Crippen MR) is 80.0 cm³/mol. The molecule has 0 bridgehead atoms. The van der Waals surface area contributed by atoms with Crippen LogP contribution in [0, 0.1) is 0 Å². The number of hydrogen-bond donors (Lipinski definition) is 2. The summed E-state index contributed by atoms with van der Waals surface area (Å²) >= 11 is 1.45. The number of nitrogens with one attached hydrogen (secondary N) is 1. The highest BCUT2D eigenvalue weighted by Crippen LogP contribution is 2.16. The molecule has 114 valence electrons. The Hall–Kier alpha value is -1.64. The van der Waals surface area contributed by atoms with E-state index in [9.17, 15) is 13.2 Å². The van der Waals surface area contributed by atoms with Crippen molar-refractivity contribution in [3.05, 3.63) is 40.3 Å². The molecule has 0 unspecified atom stereocenters. The number of aromatic carboxylic acids is 1. The first-order valence-electron chi connectivity index (χ1n) is 6.39. The maximum absolute atomic E-state index is 12.2. The van der Waals surface area contributed by atoms with Crippen molar-refractivity contribution in [3.8, 4) is 0 Å². The van der Waals surface area contributed by atoms with Gasteiger partial charge in [-0.2, -0.15) is 0 Å². The molecule has 0 saturated carbocycles. The Bertz CT molecular complexity index is 717. The van der Waals surface area contributed by atoms with Crippen LogP contribution in [0.5, 0.6) is 0 Å². The van der Waals surface area contributed by atoms with E-state index in [0.717, 1.165) is 11.3 Å². The second kappa shape index (κ2) is 6.42. The van der Waals surface area contributed by atoms with Gasteiger partial charge in [-0.05, 0) is 23.9 Å². The molecular weight excluding hydrogens is 312 g/mol. The predicted octanol–water partition coefficient (Wildman–Crippen LogP) is 2.14. The Labute approximate surface area is 127 Å². The Morgan fingerprint density at radius 1 is 1.48 bits per heavy atom. The second-order valence-corrected chi connectivity index (χ2v) is 7.26. The van der Waals surface area contributed by atoms with Gasteiger partial charge in [-0.25, -0.2) is 17.9 Å². The lowest BCUT2D eigenvalue weighted by atomic mass is 10.4. The van der Waals surface area contributed by atoms with E-state index in [-0.39, 0.29) is 17.1 Å². The zero-order valence-electron chi connectivity index (χ0n) is 11.4. The van der Waals surface area contributed by atoms with Gasteiger partial charge in [-0.1, -0.05) is 13.0 Å². The highest BCUT2D eigenvalue weighted by molar-refractivity contribution is 7.89. The SMILES string of the molecule is CCCn1cc(S(=O)(=O)NCc2cccs2)cc1C(=O)O. The summed E-state index contributed by atoms with van der Waals surface area (Å²) in [7, 11) is -3.72. The van der Waals surface area contributed by atoms with Crippen LogP contribution < -0.4 is 4.72 Å². The summed E-state index contributed by atoms with van der Waals surface area (Å²) in [6.45, 7) is 2.55. The molecule has 2 rings (SSSR count). The van der Waals surface area contributed by atoms with Crippen LogP contribution in [-0.2, 0) is 23.1 Å². The van der Waals surface area contributed by atoms with Gasteiger partial charge >= 0.3 is 5.97 Å². The third kappa shape index (κ3) is 3.72. The van der Waals surface area contributed by atoms with Crippen molar-refractivity contribution in [1.29, 1.82) is 0 Å². The molecule has 0 aliphatic heterocycles. The van der Waals surface area contributed by atoms with E-state index in [2.05, 4.69) is 4.72 Å². The summed E-state index contributed by atoms with van der Waals surface area (Å²) in [5.41, 5.74) is -0.0200. The van der Waals surface area contributed by atoms with Gasteiger partial charge in [-0.3, -0.25) is 0 Å².